The first-order valence-corrected chi connectivity index (χ1v) is 10.4. The Hall–Kier alpha value is -1.99. The molecule has 1 saturated carbocycles. The summed E-state index contributed by atoms with van der Waals surface area (Å²) < 4.78 is 0. The summed E-state index contributed by atoms with van der Waals surface area (Å²) >= 11 is 3.22. The first-order valence-electron chi connectivity index (χ1n) is 8.54. The smallest absolute Gasteiger partial charge is 0.269 e. The summed E-state index contributed by atoms with van der Waals surface area (Å²) in [5.41, 5.74) is 0.912. The molecule has 1 N–H and O–H groups in total. The number of non-ortho nitro benzene ring substituents is 1. The lowest BCUT2D eigenvalue weighted by atomic mass is 10.3. The maximum Gasteiger partial charge on any atom is 0.269 e. The molecular formula is C19H20N2O3S2. The lowest BCUT2D eigenvalue weighted by molar-refractivity contribution is -0.384. The van der Waals surface area contributed by atoms with E-state index < -0.39 is 4.92 Å². The fourth-order valence-corrected chi connectivity index (χ4v) is 4.89. The number of nitro benzene ring substituents is 1. The molecule has 0 bridgehead atoms. The number of amides is 1. The Morgan fingerprint density at radius 2 is 1.81 bits per heavy atom. The monoisotopic (exact) mass is 388 g/mol. The molecule has 0 heterocycles. The minimum Gasteiger partial charge on any atom is -0.324 e. The summed E-state index contributed by atoms with van der Waals surface area (Å²) in [6, 6.07) is 14.2. The third kappa shape index (κ3) is 5.25. The van der Waals surface area contributed by atoms with Crippen LogP contribution in [0.2, 0.25) is 0 Å². The third-order valence-corrected chi connectivity index (χ3v) is 6.60. The van der Waals surface area contributed by atoms with E-state index in [1.807, 2.05) is 30.0 Å². The maximum atomic E-state index is 12.3. The molecule has 1 aliphatic rings. The predicted molar refractivity (Wildman–Crippen MR) is 107 cm³/mol. The third-order valence-electron chi connectivity index (χ3n) is 4.17. The largest absolute Gasteiger partial charge is 0.324 e. The Bertz CT molecular complexity index is 775. The number of rotatable bonds is 7. The molecule has 5 nitrogen and oxygen atoms in total. The van der Waals surface area contributed by atoms with Crippen LogP contribution in [0.25, 0.3) is 0 Å². The van der Waals surface area contributed by atoms with Crippen molar-refractivity contribution in [3.63, 3.8) is 0 Å². The topological polar surface area (TPSA) is 72.2 Å². The number of hydrogen-bond donors (Lipinski definition) is 1. The molecular weight excluding hydrogens is 368 g/mol. The first kappa shape index (κ1) is 18.8. The quantitative estimate of drug-likeness (QED) is 0.393. The van der Waals surface area contributed by atoms with Gasteiger partial charge in [0.15, 0.2) is 0 Å². The summed E-state index contributed by atoms with van der Waals surface area (Å²) in [4.78, 5) is 24.5. The standard InChI is InChI=1S/C19H20N2O3S2/c22-19(13-25-15-11-9-14(10-12-15)21(23)24)20-17-7-3-4-8-18(17)26-16-5-1-2-6-16/h3-4,7-12,16H,1-2,5-6,13H2,(H,20,22). The van der Waals surface area contributed by atoms with E-state index in [2.05, 4.69) is 11.4 Å². The molecule has 3 rings (SSSR count). The Balaban J connectivity index is 1.55. The number of carbonyl (C=O) groups is 1. The Kier molecular flexibility index (Phi) is 6.57. The van der Waals surface area contributed by atoms with Gasteiger partial charge in [0.2, 0.25) is 5.91 Å². The van der Waals surface area contributed by atoms with Gasteiger partial charge < -0.3 is 5.32 Å². The SMILES string of the molecule is O=C(CSc1ccc([N+](=O)[O-])cc1)Nc1ccccc1SC1CCCC1. The van der Waals surface area contributed by atoms with Gasteiger partial charge in [-0.05, 0) is 37.1 Å². The number of benzene rings is 2. The van der Waals surface area contributed by atoms with Gasteiger partial charge in [-0.15, -0.1) is 23.5 Å². The molecule has 7 heteroatoms. The van der Waals surface area contributed by atoms with Crippen molar-refractivity contribution in [3.05, 3.63) is 58.6 Å². The number of thioether (sulfide) groups is 2. The average Bonchev–Trinajstić information content (AvgIpc) is 3.15. The van der Waals surface area contributed by atoms with Crippen LogP contribution in [0.5, 0.6) is 0 Å². The molecule has 0 saturated heterocycles. The van der Waals surface area contributed by atoms with E-state index in [0.29, 0.717) is 5.25 Å². The Morgan fingerprint density at radius 1 is 1.12 bits per heavy atom. The molecule has 136 valence electrons. The van der Waals surface area contributed by atoms with Crippen LogP contribution in [0.3, 0.4) is 0 Å². The van der Waals surface area contributed by atoms with Gasteiger partial charge >= 0.3 is 0 Å². The van der Waals surface area contributed by atoms with Crippen molar-refractivity contribution in [2.45, 2.75) is 40.7 Å². The Morgan fingerprint density at radius 3 is 2.50 bits per heavy atom. The van der Waals surface area contributed by atoms with Crippen molar-refractivity contribution < 1.29 is 9.72 Å². The number of nitrogens with one attached hydrogen (secondary N) is 1. The van der Waals surface area contributed by atoms with Crippen LogP contribution < -0.4 is 5.32 Å². The van der Waals surface area contributed by atoms with Crippen LogP contribution in [-0.2, 0) is 4.79 Å². The highest BCUT2D eigenvalue weighted by atomic mass is 32.2. The molecule has 26 heavy (non-hydrogen) atoms. The van der Waals surface area contributed by atoms with Crippen LogP contribution >= 0.6 is 23.5 Å². The fourth-order valence-electron chi connectivity index (χ4n) is 2.86. The van der Waals surface area contributed by atoms with Gasteiger partial charge in [-0.1, -0.05) is 25.0 Å². The summed E-state index contributed by atoms with van der Waals surface area (Å²) in [5.74, 6) is 0.188. The minimum atomic E-state index is -0.430. The molecule has 0 spiro atoms. The molecule has 2 aromatic rings. The zero-order valence-electron chi connectivity index (χ0n) is 14.2. The molecule has 0 aromatic heterocycles. The first-order chi connectivity index (χ1) is 12.6. The van der Waals surface area contributed by atoms with Crippen LogP contribution in [0, 0.1) is 10.1 Å². The molecule has 0 aliphatic heterocycles. The number of carbonyl (C=O) groups excluding carboxylic acids is 1. The van der Waals surface area contributed by atoms with Crippen molar-refractivity contribution in [2.75, 3.05) is 11.1 Å². The van der Waals surface area contributed by atoms with E-state index in [9.17, 15) is 14.9 Å². The average molecular weight is 389 g/mol. The van der Waals surface area contributed by atoms with Gasteiger partial charge in [0.25, 0.3) is 5.69 Å². The van der Waals surface area contributed by atoms with Gasteiger partial charge in [0, 0.05) is 27.2 Å². The van der Waals surface area contributed by atoms with Crippen LogP contribution in [-0.4, -0.2) is 21.8 Å². The highest BCUT2D eigenvalue weighted by molar-refractivity contribution is 8.00. The second kappa shape index (κ2) is 9.09. The summed E-state index contributed by atoms with van der Waals surface area (Å²) in [6.07, 6.45) is 5.06. The highest BCUT2D eigenvalue weighted by Gasteiger charge is 2.18. The van der Waals surface area contributed by atoms with Crippen LogP contribution in [0.1, 0.15) is 25.7 Å². The number of hydrogen-bond acceptors (Lipinski definition) is 5. The molecule has 0 atom stereocenters. The van der Waals surface area contributed by atoms with Crippen molar-refractivity contribution >= 4 is 40.8 Å². The zero-order chi connectivity index (χ0) is 18.4. The van der Waals surface area contributed by atoms with E-state index in [1.165, 1.54) is 49.6 Å². The van der Waals surface area contributed by atoms with Gasteiger partial charge in [-0.2, -0.15) is 0 Å². The van der Waals surface area contributed by atoms with E-state index in [0.717, 1.165) is 15.5 Å². The number of nitro groups is 1. The summed E-state index contributed by atoms with van der Waals surface area (Å²) in [5, 5.41) is 14.3. The summed E-state index contributed by atoms with van der Waals surface area (Å²) in [7, 11) is 0. The van der Waals surface area contributed by atoms with Crippen LogP contribution in [0.15, 0.2) is 58.3 Å². The second-order valence-electron chi connectivity index (χ2n) is 6.11. The van der Waals surface area contributed by atoms with Crippen molar-refractivity contribution in [1.82, 2.24) is 0 Å². The van der Waals surface area contributed by atoms with Gasteiger partial charge in [0.05, 0.1) is 16.4 Å². The lowest BCUT2D eigenvalue weighted by Gasteiger charge is -2.14. The van der Waals surface area contributed by atoms with Crippen LogP contribution in [0.4, 0.5) is 11.4 Å². The normalized spacial score (nSPS) is 14.3. The zero-order valence-corrected chi connectivity index (χ0v) is 15.9. The van der Waals surface area contributed by atoms with Gasteiger partial charge in [0.1, 0.15) is 0 Å². The molecule has 1 aliphatic carbocycles. The fraction of sp³-hybridized carbons (Fsp3) is 0.316. The second-order valence-corrected chi connectivity index (χ2v) is 8.50. The van der Waals surface area contributed by atoms with Crippen molar-refractivity contribution in [1.29, 1.82) is 0 Å². The van der Waals surface area contributed by atoms with Gasteiger partial charge in [-0.25, -0.2) is 0 Å². The lowest BCUT2D eigenvalue weighted by Crippen LogP contribution is -2.14. The number of para-hydroxylation sites is 1. The maximum absolute atomic E-state index is 12.3. The highest BCUT2D eigenvalue weighted by Crippen LogP contribution is 2.38. The molecule has 2 aromatic carbocycles. The molecule has 1 fully saturated rings. The molecule has 1 amide bonds. The predicted octanol–water partition coefficient (Wildman–Crippen LogP) is 5.36. The van der Waals surface area contributed by atoms with E-state index in [4.69, 9.17) is 0 Å². The Labute approximate surface area is 161 Å². The summed E-state index contributed by atoms with van der Waals surface area (Å²) in [6.45, 7) is 0. The molecule has 0 unspecified atom stereocenters. The van der Waals surface area contributed by atoms with E-state index >= 15 is 0 Å². The minimum absolute atomic E-state index is 0.0525. The van der Waals surface area contributed by atoms with Gasteiger partial charge in [-0.3, -0.25) is 14.9 Å². The number of anilines is 1. The van der Waals surface area contributed by atoms with Crippen molar-refractivity contribution in [3.8, 4) is 0 Å². The molecule has 0 radical (unpaired) electrons. The number of nitrogens with zero attached hydrogens (tertiary/aromatic N) is 1. The van der Waals surface area contributed by atoms with E-state index in [1.54, 1.807) is 12.1 Å². The van der Waals surface area contributed by atoms with Crippen molar-refractivity contribution in [2.24, 2.45) is 0 Å². The van der Waals surface area contributed by atoms with E-state index in [-0.39, 0.29) is 17.3 Å².